The third-order valence-corrected chi connectivity index (χ3v) is 7.36. The van der Waals surface area contributed by atoms with Gasteiger partial charge in [0.2, 0.25) is 0 Å². The van der Waals surface area contributed by atoms with Gasteiger partial charge in [-0.15, -0.1) is 10.2 Å². The maximum Gasteiger partial charge on any atom is 0.253 e. The van der Waals surface area contributed by atoms with Gasteiger partial charge in [0, 0.05) is 48.7 Å². The normalized spacial score (nSPS) is 14.2. The molecule has 3 aromatic carbocycles. The Balaban J connectivity index is 1.39. The number of benzene rings is 3. The van der Waals surface area contributed by atoms with Crippen molar-refractivity contribution >= 4 is 17.7 Å². The van der Waals surface area contributed by atoms with Gasteiger partial charge in [0.15, 0.2) is 11.0 Å². The standard InChI is InChI=1S/C28H28FN5OS/c1-20-6-8-22(9-7-20)26-30-31-28(34(26)25-12-10-24(29)11-13-25)36-19-21-4-3-5-23(18-21)27(35)33-16-14-32(2)15-17-33/h3-13,18H,14-17,19H2,1-2H3. The number of carbonyl (C=O) groups excluding carboxylic acids is 1. The average molecular weight is 502 g/mol. The van der Waals surface area contributed by atoms with Crippen LogP contribution in [-0.2, 0) is 5.75 Å². The summed E-state index contributed by atoms with van der Waals surface area (Å²) in [6.07, 6.45) is 0. The van der Waals surface area contributed by atoms with Crippen molar-refractivity contribution in [1.29, 1.82) is 0 Å². The third kappa shape index (κ3) is 5.34. The highest BCUT2D eigenvalue weighted by Crippen LogP contribution is 2.30. The van der Waals surface area contributed by atoms with Crippen LogP contribution in [-0.4, -0.2) is 63.7 Å². The molecule has 0 bridgehead atoms. The number of rotatable bonds is 6. The number of carbonyl (C=O) groups is 1. The highest BCUT2D eigenvalue weighted by Gasteiger charge is 2.21. The monoisotopic (exact) mass is 501 g/mol. The van der Waals surface area contributed by atoms with E-state index in [1.807, 2.05) is 64.9 Å². The number of nitrogens with zero attached hydrogens (tertiary/aromatic N) is 5. The van der Waals surface area contributed by atoms with Crippen molar-refractivity contribution in [1.82, 2.24) is 24.6 Å². The largest absolute Gasteiger partial charge is 0.336 e. The van der Waals surface area contributed by atoms with E-state index in [9.17, 15) is 9.18 Å². The van der Waals surface area contributed by atoms with Crippen LogP contribution in [0.3, 0.4) is 0 Å². The van der Waals surface area contributed by atoms with Gasteiger partial charge in [-0.05, 0) is 55.9 Å². The van der Waals surface area contributed by atoms with E-state index in [1.54, 1.807) is 12.1 Å². The molecule has 1 aliphatic rings. The van der Waals surface area contributed by atoms with Gasteiger partial charge in [0.05, 0.1) is 0 Å². The highest BCUT2D eigenvalue weighted by atomic mass is 32.2. The van der Waals surface area contributed by atoms with Crippen molar-refractivity contribution in [3.05, 3.63) is 95.3 Å². The average Bonchev–Trinajstić information content (AvgIpc) is 3.32. The Hall–Kier alpha value is -3.49. The second kappa shape index (κ2) is 10.6. The van der Waals surface area contributed by atoms with Gasteiger partial charge in [-0.1, -0.05) is 53.7 Å². The second-order valence-electron chi connectivity index (χ2n) is 9.07. The van der Waals surface area contributed by atoms with E-state index in [1.165, 1.54) is 23.9 Å². The van der Waals surface area contributed by atoms with E-state index in [4.69, 9.17) is 0 Å². The van der Waals surface area contributed by atoms with E-state index < -0.39 is 0 Å². The number of likely N-dealkylation sites (N-methyl/N-ethyl adjacent to an activating group) is 1. The SMILES string of the molecule is Cc1ccc(-c2nnc(SCc3cccc(C(=O)N4CCN(C)CC4)c3)n2-c2ccc(F)cc2)cc1. The van der Waals surface area contributed by atoms with Gasteiger partial charge < -0.3 is 9.80 Å². The van der Waals surface area contributed by atoms with Gasteiger partial charge in [-0.2, -0.15) is 0 Å². The van der Waals surface area contributed by atoms with Crippen LogP contribution in [0.25, 0.3) is 17.1 Å². The van der Waals surface area contributed by atoms with Crippen LogP contribution in [0.15, 0.2) is 78.0 Å². The molecule has 36 heavy (non-hydrogen) atoms. The number of thioether (sulfide) groups is 1. The fraction of sp³-hybridized carbons (Fsp3) is 0.250. The highest BCUT2D eigenvalue weighted by molar-refractivity contribution is 7.98. The number of halogens is 1. The van der Waals surface area contributed by atoms with Crippen molar-refractivity contribution in [3.63, 3.8) is 0 Å². The molecule has 2 heterocycles. The molecular formula is C28H28FN5OS. The first-order chi connectivity index (χ1) is 17.5. The zero-order chi connectivity index (χ0) is 25.1. The summed E-state index contributed by atoms with van der Waals surface area (Å²) < 4.78 is 15.6. The molecule has 0 N–H and O–H groups in total. The number of piperazine rings is 1. The minimum atomic E-state index is -0.292. The third-order valence-electron chi connectivity index (χ3n) is 6.36. The lowest BCUT2D eigenvalue weighted by Gasteiger charge is -2.32. The molecule has 184 valence electrons. The Kier molecular flexibility index (Phi) is 7.16. The first-order valence-electron chi connectivity index (χ1n) is 12.0. The molecule has 0 aliphatic carbocycles. The number of aromatic nitrogens is 3. The predicted molar refractivity (Wildman–Crippen MR) is 141 cm³/mol. The molecule has 0 atom stereocenters. The Morgan fingerprint density at radius 3 is 2.39 bits per heavy atom. The van der Waals surface area contributed by atoms with Crippen molar-refractivity contribution in [2.75, 3.05) is 33.2 Å². The van der Waals surface area contributed by atoms with Crippen LogP contribution in [0.2, 0.25) is 0 Å². The molecule has 0 saturated carbocycles. The molecule has 0 spiro atoms. The Morgan fingerprint density at radius 2 is 1.67 bits per heavy atom. The lowest BCUT2D eigenvalue weighted by molar-refractivity contribution is 0.0664. The lowest BCUT2D eigenvalue weighted by Crippen LogP contribution is -2.47. The summed E-state index contributed by atoms with van der Waals surface area (Å²) in [6.45, 7) is 5.32. The summed E-state index contributed by atoms with van der Waals surface area (Å²) in [7, 11) is 2.08. The van der Waals surface area contributed by atoms with E-state index in [0.29, 0.717) is 22.3 Å². The summed E-state index contributed by atoms with van der Waals surface area (Å²) in [5, 5.41) is 9.64. The van der Waals surface area contributed by atoms with Crippen LogP contribution in [0, 0.1) is 12.7 Å². The molecule has 1 saturated heterocycles. The maximum absolute atomic E-state index is 13.6. The maximum atomic E-state index is 13.6. The van der Waals surface area contributed by atoms with Crippen molar-refractivity contribution in [2.45, 2.75) is 17.8 Å². The van der Waals surface area contributed by atoms with E-state index >= 15 is 0 Å². The first kappa shape index (κ1) is 24.2. The summed E-state index contributed by atoms with van der Waals surface area (Å²) in [5.74, 6) is 1.10. The van der Waals surface area contributed by atoms with Crippen molar-refractivity contribution in [3.8, 4) is 17.1 Å². The van der Waals surface area contributed by atoms with Gasteiger partial charge in [0.25, 0.3) is 5.91 Å². The van der Waals surface area contributed by atoms with Crippen LogP contribution in [0.4, 0.5) is 4.39 Å². The Morgan fingerprint density at radius 1 is 0.944 bits per heavy atom. The van der Waals surface area contributed by atoms with Gasteiger partial charge in [0.1, 0.15) is 5.82 Å². The number of amides is 1. The zero-order valence-corrected chi connectivity index (χ0v) is 21.2. The molecule has 0 unspecified atom stereocenters. The molecule has 1 aromatic heterocycles. The Bertz CT molecular complexity index is 1350. The second-order valence-corrected chi connectivity index (χ2v) is 10.0. The summed E-state index contributed by atoms with van der Waals surface area (Å²) >= 11 is 1.54. The molecular weight excluding hydrogens is 473 g/mol. The predicted octanol–water partition coefficient (Wildman–Crippen LogP) is 5.06. The fourth-order valence-electron chi connectivity index (χ4n) is 4.21. The molecule has 6 nitrogen and oxygen atoms in total. The number of hydrogen-bond donors (Lipinski definition) is 0. The molecule has 8 heteroatoms. The minimum Gasteiger partial charge on any atom is -0.336 e. The molecule has 1 aliphatic heterocycles. The van der Waals surface area contributed by atoms with Crippen molar-refractivity contribution < 1.29 is 9.18 Å². The van der Waals surface area contributed by atoms with E-state index in [0.717, 1.165) is 48.6 Å². The lowest BCUT2D eigenvalue weighted by atomic mass is 10.1. The summed E-state index contributed by atoms with van der Waals surface area (Å²) in [5.41, 5.74) is 4.62. The Labute approximate surface area is 214 Å². The van der Waals surface area contributed by atoms with Crippen LogP contribution in [0.1, 0.15) is 21.5 Å². The van der Waals surface area contributed by atoms with Crippen LogP contribution < -0.4 is 0 Å². The molecule has 1 fully saturated rings. The first-order valence-corrected chi connectivity index (χ1v) is 12.9. The van der Waals surface area contributed by atoms with Crippen molar-refractivity contribution in [2.24, 2.45) is 0 Å². The van der Waals surface area contributed by atoms with Gasteiger partial charge in [-0.25, -0.2) is 4.39 Å². The zero-order valence-electron chi connectivity index (χ0n) is 20.4. The number of aryl methyl sites for hydroxylation is 1. The molecule has 5 rings (SSSR count). The van der Waals surface area contributed by atoms with Crippen LogP contribution in [0.5, 0.6) is 0 Å². The summed E-state index contributed by atoms with van der Waals surface area (Å²) in [4.78, 5) is 17.2. The minimum absolute atomic E-state index is 0.0751. The van der Waals surface area contributed by atoms with E-state index in [2.05, 4.69) is 22.1 Å². The summed E-state index contributed by atoms with van der Waals surface area (Å²) in [6, 6.07) is 22.2. The molecule has 4 aromatic rings. The topological polar surface area (TPSA) is 54.3 Å². The van der Waals surface area contributed by atoms with E-state index in [-0.39, 0.29) is 11.7 Å². The quantitative estimate of drug-likeness (QED) is 0.346. The van der Waals surface area contributed by atoms with Gasteiger partial charge >= 0.3 is 0 Å². The molecule has 0 radical (unpaired) electrons. The van der Waals surface area contributed by atoms with Gasteiger partial charge in [-0.3, -0.25) is 9.36 Å². The fourth-order valence-corrected chi connectivity index (χ4v) is 5.10. The molecule has 1 amide bonds. The van der Waals surface area contributed by atoms with Crippen LogP contribution >= 0.6 is 11.8 Å². The number of hydrogen-bond acceptors (Lipinski definition) is 5. The smallest absolute Gasteiger partial charge is 0.253 e.